The number of benzene rings is 2. The van der Waals surface area contributed by atoms with E-state index in [9.17, 15) is 27.2 Å². The number of nitrogens with one attached hydrogen (secondary N) is 2. The van der Waals surface area contributed by atoms with Crippen LogP contribution in [-0.2, 0) is 6.18 Å². The van der Waals surface area contributed by atoms with E-state index in [4.69, 9.17) is 5.11 Å². The van der Waals surface area contributed by atoms with E-state index in [0.717, 1.165) is 30.3 Å². The van der Waals surface area contributed by atoms with Crippen LogP contribution in [0.4, 0.5) is 33.7 Å². The Kier molecular flexibility index (Phi) is 4.72. The highest BCUT2D eigenvalue weighted by Crippen LogP contribution is 2.30. The van der Waals surface area contributed by atoms with E-state index in [-0.39, 0.29) is 16.9 Å². The third kappa shape index (κ3) is 4.22. The summed E-state index contributed by atoms with van der Waals surface area (Å²) in [6.07, 6.45) is -4.58. The van der Waals surface area contributed by atoms with Crippen LogP contribution < -0.4 is 10.6 Å². The third-order valence-corrected chi connectivity index (χ3v) is 2.91. The Morgan fingerprint density at radius 1 is 1.00 bits per heavy atom. The highest BCUT2D eigenvalue weighted by molar-refractivity contribution is 6.04. The molecule has 0 saturated carbocycles. The van der Waals surface area contributed by atoms with Crippen LogP contribution in [0.3, 0.4) is 0 Å². The third-order valence-electron chi connectivity index (χ3n) is 2.91. The first-order valence-corrected chi connectivity index (χ1v) is 6.45. The van der Waals surface area contributed by atoms with Crippen molar-refractivity contribution < 1.29 is 32.3 Å². The van der Waals surface area contributed by atoms with Gasteiger partial charge in [-0.2, -0.15) is 13.2 Å². The number of aromatic carboxylic acids is 1. The van der Waals surface area contributed by atoms with Crippen molar-refractivity contribution in [2.24, 2.45) is 0 Å². The minimum Gasteiger partial charge on any atom is -0.478 e. The van der Waals surface area contributed by atoms with Crippen LogP contribution in [0.2, 0.25) is 0 Å². The smallest absolute Gasteiger partial charge is 0.416 e. The molecule has 0 spiro atoms. The molecule has 24 heavy (non-hydrogen) atoms. The Hall–Kier alpha value is -3.10. The van der Waals surface area contributed by atoms with E-state index in [2.05, 4.69) is 10.6 Å². The second-order valence-electron chi connectivity index (χ2n) is 4.65. The lowest BCUT2D eigenvalue weighted by molar-refractivity contribution is -0.137. The number of carbonyl (C=O) groups excluding carboxylic acids is 1. The predicted molar refractivity (Wildman–Crippen MR) is 77.4 cm³/mol. The SMILES string of the molecule is O=C(Nc1cccc(C(F)(F)F)c1)Nc1cc(F)ccc1C(=O)O. The first-order valence-electron chi connectivity index (χ1n) is 6.45. The summed E-state index contributed by atoms with van der Waals surface area (Å²) < 4.78 is 51.0. The van der Waals surface area contributed by atoms with Gasteiger partial charge in [0.05, 0.1) is 16.8 Å². The zero-order chi connectivity index (χ0) is 17.9. The lowest BCUT2D eigenvalue weighted by Gasteiger charge is -2.12. The van der Waals surface area contributed by atoms with Crippen molar-refractivity contribution in [3.8, 4) is 0 Å². The Morgan fingerprint density at radius 2 is 1.71 bits per heavy atom. The molecule has 5 nitrogen and oxygen atoms in total. The summed E-state index contributed by atoms with van der Waals surface area (Å²) in [5.41, 5.74) is -1.81. The molecule has 3 N–H and O–H groups in total. The van der Waals surface area contributed by atoms with Crippen molar-refractivity contribution in [2.75, 3.05) is 10.6 Å². The molecular weight excluding hydrogens is 332 g/mol. The van der Waals surface area contributed by atoms with E-state index in [0.29, 0.717) is 6.07 Å². The summed E-state index contributed by atoms with van der Waals surface area (Å²) in [5, 5.41) is 13.2. The van der Waals surface area contributed by atoms with Crippen LogP contribution in [0.25, 0.3) is 0 Å². The summed E-state index contributed by atoms with van der Waals surface area (Å²) >= 11 is 0. The molecule has 9 heteroatoms. The van der Waals surface area contributed by atoms with Crippen LogP contribution >= 0.6 is 0 Å². The second kappa shape index (κ2) is 6.57. The van der Waals surface area contributed by atoms with Crippen LogP contribution in [0, 0.1) is 5.82 Å². The van der Waals surface area contributed by atoms with Gasteiger partial charge in [0, 0.05) is 5.69 Å². The molecule has 2 aromatic rings. The van der Waals surface area contributed by atoms with Gasteiger partial charge in [-0.1, -0.05) is 6.07 Å². The van der Waals surface area contributed by atoms with Crippen molar-refractivity contribution >= 4 is 23.4 Å². The lowest BCUT2D eigenvalue weighted by Crippen LogP contribution is -2.21. The zero-order valence-corrected chi connectivity index (χ0v) is 11.8. The highest BCUT2D eigenvalue weighted by atomic mass is 19.4. The molecule has 0 saturated heterocycles. The molecule has 0 heterocycles. The van der Waals surface area contributed by atoms with E-state index >= 15 is 0 Å². The summed E-state index contributed by atoms with van der Waals surface area (Å²) in [7, 11) is 0. The van der Waals surface area contributed by atoms with Crippen LogP contribution in [-0.4, -0.2) is 17.1 Å². The molecule has 126 valence electrons. The van der Waals surface area contributed by atoms with E-state index in [1.165, 1.54) is 6.07 Å². The number of halogens is 4. The number of urea groups is 1. The second-order valence-corrected chi connectivity index (χ2v) is 4.65. The summed E-state index contributed by atoms with van der Waals surface area (Å²) in [6, 6.07) is 5.50. The fraction of sp³-hybridized carbons (Fsp3) is 0.0667. The first kappa shape index (κ1) is 17.3. The van der Waals surface area contributed by atoms with Crippen molar-refractivity contribution in [1.82, 2.24) is 0 Å². The van der Waals surface area contributed by atoms with Crippen LogP contribution in [0.1, 0.15) is 15.9 Å². The maximum atomic E-state index is 13.2. The minimum absolute atomic E-state index is 0.157. The molecular formula is C15H10F4N2O3. The molecule has 2 rings (SSSR count). The summed E-state index contributed by atoms with van der Waals surface area (Å²) in [5.74, 6) is -2.18. The van der Waals surface area contributed by atoms with Gasteiger partial charge in [0.15, 0.2) is 0 Å². The number of hydrogen-bond donors (Lipinski definition) is 3. The molecule has 2 amide bonds. The molecule has 0 unspecified atom stereocenters. The van der Waals surface area contributed by atoms with Gasteiger partial charge in [0.25, 0.3) is 0 Å². The molecule has 0 radical (unpaired) electrons. The Labute approximate surface area is 132 Å². The van der Waals surface area contributed by atoms with E-state index < -0.39 is 29.6 Å². The summed E-state index contributed by atoms with van der Waals surface area (Å²) in [6.45, 7) is 0. The number of carbonyl (C=O) groups is 2. The standard InChI is InChI=1S/C15H10F4N2O3/c16-9-4-5-11(13(22)23)12(7-9)21-14(24)20-10-3-1-2-8(6-10)15(17,18)19/h1-7H,(H,22,23)(H2,20,21,24). The van der Waals surface area contributed by atoms with Gasteiger partial charge in [0.2, 0.25) is 0 Å². The first-order chi connectivity index (χ1) is 11.2. The van der Waals surface area contributed by atoms with Gasteiger partial charge in [0.1, 0.15) is 5.82 Å². The molecule has 0 aliphatic carbocycles. The zero-order valence-electron chi connectivity index (χ0n) is 11.8. The quantitative estimate of drug-likeness (QED) is 0.732. The number of amides is 2. The number of alkyl halides is 3. The van der Waals surface area contributed by atoms with Gasteiger partial charge >= 0.3 is 18.2 Å². The fourth-order valence-electron chi connectivity index (χ4n) is 1.86. The topological polar surface area (TPSA) is 78.4 Å². The van der Waals surface area contributed by atoms with Gasteiger partial charge in [-0.05, 0) is 36.4 Å². The lowest BCUT2D eigenvalue weighted by atomic mass is 10.1. The minimum atomic E-state index is -4.58. The van der Waals surface area contributed by atoms with Crippen molar-refractivity contribution in [2.45, 2.75) is 6.18 Å². The maximum absolute atomic E-state index is 13.2. The molecule has 0 aliphatic heterocycles. The average Bonchev–Trinajstić information content (AvgIpc) is 2.46. The molecule has 0 aliphatic rings. The van der Waals surface area contributed by atoms with Gasteiger partial charge in [-0.15, -0.1) is 0 Å². The number of carboxylic acids is 1. The van der Waals surface area contributed by atoms with Crippen molar-refractivity contribution in [1.29, 1.82) is 0 Å². The fourth-order valence-corrected chi connectivity index (χ4v) is 1.86. The highest BCUT2D eigenvalue weighted by Gasteiger charge is 2.30. The van der Waals surface area contributed by atoms with Crippen LogP contribution in [0.5, 0.6) is 0 Å². The molecule has 0 fully saturated rings. The monoisotopic (exact) mass is 342 g/mol. The molecule has 0 bridgehead atoms. The number of carboxylic acid groups (broad SMARTS) is 1. The average molecular weight is 342 g/mol. The normalized spacial score (nSPS) is 11.0. The largest absolute Gasteiger partial charge is 0.478 e. The van der Waals surface area contributed by atoms with Gasteiger partial charge in [-0.3, -0.25) is 0 Å². The van der Waals surface area contributed by atoms with E-state index in [1.54, 1.807) is 0 Å². The molecule has 0 aromatic heterocycles. The van der Waals surface area contributed by atoms with Gasteiger partial charge in [-0.25, -0.2) is 14.0 Å². The van der Waals surface area contributed by atoms with E-state index in [1.807, 2.05) is 0 Å². The number of anilines is 2. The maximum Gasteiger partial charge on any atom is 0.416 e. The Morgan fingerprint density at radius 3 is 2.33 bits per heavy atom. The summed E-state index contributed by atoms with van der Waals surface area (Å²) in [4.78, 5) is 22.8. The number of rotatable bonds is 3. The van der Waals surface area contributed by atoms with Crippen LogP contribution in [0.15, 0.2) is 42.5 Å². The molecule has 0 atom stereocenters. The Balaban J connectivity index is 2.18. The Bertz CT molecular complexity index is 791. The van der Waals surface area contributed by atoms with Crippen molar-refractivity contribution in [3.05, 3.63) is 59.4 Å². The number of hydrogen-bond acceptors (Lipinski definition) is 2. The predicted octanol–water partition coefficient (Wildman–Crippen LogP) is 4.19. The molecule has 2 aromatic carbocycles. The van der Waals surface area contributed by atoms with Gasteiger partial charge < -0.3 is 15.7 Å². The van der Waals surface area contributed by atoms with Crippen molar-refractivity contribution in [3.63, 3.8) is 0 Å².